The number of amides is 5. The van der Waals surface area contributed by atoms with Crippen LogP contribution in [0, 0.1) is 4.91 Å². The Morgan fingerprint density at radius 1 is 1.29 bits per heavy atom. The minimum atomic E-state index is -0.835. The van der Waals surface area contributed by atoms with Crippen molar-refractivity contribution in [1.82, 2.24) is 25.9 Å². The van der Waals surface area contributed by atoms with E-state index in [0.29, 0.717) is 43.8 Å². The van der Waals surface area contributed by atoms with Crippen molar-refractivity contribution in [3.8, 4) is 0 Å². The van der Waals surface area contributed by atoms with Crippen LogP contribution in [0.15, 0.2) is 5.29 Å². The zero-order chi connectivity index (χ0) is 21.1. The largest absolute Gasteiger partial charge is 0.353 e. The highest BCUT2D eigenvalue weighted by Gasteiger charge is 2.37. The number of halogens is 1. The fourth-order valence-electron chi connectivity index (χ4n) is 2.85. The lowest BCUT2D eigenvalue weighted by Crippen LogP contribution is -2.54. The van der Waals surface area contributed by atoms with E-state index in [9.17, 15) is 24.1 Å². The van der Waals surface area contributed by atoms with E-state index in [0.717, 1.165) is 0 Å². The number of urea groups is 1. The molecule has 0 unspecified atom stereocenters. The predicted molar refractivity (Wildman–Crippen MR) is 102 cm³/mol. The van der Waals surface area contributed by atoms with Crippen LogP contribution in [0.3, 0.4) is 0 Å². The van der Waals surface area contributed by atoms with E-state index in [-0.39, 0.29) is 18.3 Å². The summed E-state index contributed by atoms with van der Waals surface area (Å²) in [4.78, 5) is 60.5. The molecule has 1 heterocycles. The van der Waals surface area contributed by atoms with Crippen LogP contribution >= 0.6 is 11.6 Å². The van der Waals surface area contributed by atoms with Crippen molar-refractivity contribution in [3.05, 3.63) is 4.91 Å². The van der Waals surface area contributed by atoms with E-state index in [2.05, 4.69) is 21.2 Å². The SMILES string of the molecule is CCC[C@H](NC(=O)[C@@H]1CCCN1C(=O)N(C)N=O)C(=O)NCC(=O)NCCCl. The molecule has 12 heteroatoms. The molecule has 0 aromatic carbocycles. The molecular weight excluding hydrogens is 392 g/mol. The van der Waals surface area contributed by atoms with Gasteiger partial charge in [0.25, 0.3) is 0 Å². The fraction of sp³-hybridized carbons (Fsp3) is 0.750. The summed E-state index contributed by atoms with van der Waals surface area (Å²) >= 11 is 5.48. The smallest absolute Gasteiger partial charge is 0.343 e. The molecule has 5 amide bonds. The Hall–Kier alpha value is -2.43. The summed E-state index contributed by atoms with van der Waals surface area (Å²) in [6.07, 6.45) is 2.02. The van der Waals surface area contributed by atoms with E-state index in [1.807, 2.05) is 6.92 Å². The Bertz CT molecular complexity index is 590. The number of hydrogen-bond donors (Lipinski definition) is 3. The molecule has 0 bridgehead atoms. The second-order valence-corrected chi connectivity index (χ2v) is 6.72. The molecule has 3 N–H and O–H groups in total. The van der Waals surface area contributed by atoms with Crippen LogP contribution in [0.5, 0.6) is 0 Å². The molecular formula is C16H27ClN6O5. The van der Waals surface area contributed by atoms with Gasteiger partial charge < -0.3 is 20.9 Å². The summed E-state index contributed by atoms with van der Waals surface area (Å²) in [7, 11) is 1.21. The third-order valence-corrected chi connectivity index (χ3v) is 4.44. The molecule has 1 saturated heterocycles. The van der Waals surface area contributed by atoms with Crippen molar-refractivity contribution < 1.29 is 19.2 Å². The highest BCUT2D eigenvalue weighted by atomic mass is 35.5. The van der Waals surface area contributed by atoms with Gasteiger partial charge in [-0.15, -0.1) is 16.5 Å². The number of carbonyl (C=O) groups is 4. The molecule has 0 aliphatic carbocycles. The molecule has 28 heavy (non-hydrogen) atoms. The maximum atomic E-state index is 12.6. The average Bonchev–Trinajstić information content (AvgIpc) is 3.18. The Morgan fingerprint density at radius 3 is 2.61 bits per heavy atom. The molecule has 2 atom stereocenters. The van der Waals surface area contributed by atoms with Gasteiger partial charge in [-0.05, 0) is 19.3 Å². The van der Waals surface area contributed by atoms with Crippen molar-refractivity contribution >= 4 is 35.4 Å². The molecule has 11 nitrogen and oxygen atoms in total. The molecule has 1 aliphatic heterocycles. The lowest BCUT2D eigenvalue weighted by Gasteiger charge is -2.27. The van der Waals surface area contributed by atoms with Crippen LogP contribution in [0.25, 0.3) is 0 Å². The molecule has 0 radical (unpaired) electrons. The second-order valence-electron chi connectivity index (χ2n) is 6.35. The van der Waals surface area contributed by atoms with Crippen LogP contribution in [-0.4, -0.2) is 78.3 Å². The van der Waals surface area contributed by atoms with Crippen LogP contribution in [0.4, 0.5) is 4.79 Å². The maximum Gasteiger partial charge on any atom is 0.343 e. The lowest BCUT2D eigenvalue weighted by molar-refractivity contribution is -0.132. The predicted octanol–water partition coefficient (Wildman–Crippen LogP) is -0.0599. The molecule has 1 rings (SSSR count). The van der Waals surface area contributed by atoms with Crippen molar-refractivity contribution in [2.45, 2.75) is 44.7 Å². The first-order valence-electron chi connectivity index (χ1n) is 9.14. The van der Waals surface area contributed by atoms with Crippen LogP contribution < -0.4 is 16.0 Å². The van der Waals surface area contributed by atoms with E-state index < -0.39 is 29.9 Å². The summed E-state index contributed by atoms with van der Waals surface area (Å²) in [5, 5.41) is 10.8. The second kappa shape index (κ2) is 12.1. The van der Waals surface area contributed by atoms with Gasteiger partial charge >= 0.3 is 6.03 Å². The van der Waals surface area contributed by atoms with E-state index in [1.165, 1.54) is 11.9 Å². The quantitative estimate of drug-likeness (QED) is 0.259. The van der Waals surface area contributed by atoms with Crippen molar-refractivity contribution in [2.75, 3.05) is 32.6 Å². The van der Waals surface area contributed by atoms with Gasteiger partial charge in [0.2, 0.25) is 17.7 Å². The number of nitrogens with one attached hydrogen (secondary N) is 3. The van der Waals surface area contributed by atoms with Crippen LogP contribution in [0.2, 0.25) is 0 Å². The summed E-state index contributed by atoms with van der Waals surface area (Å²) in [6.45, 7) is 2.24. The Labute approximate surface area is 168 Å². The van der Waals surface area contributed by atoms with Gasteiger partial charge in [-0.1, -0.05) is 13.3 Å². The average molecular weight is 419 g/mol. The number of rotatable bonds is 10. The number of carbonyl (C=O) groups excluding carboxylic acids is 4. The Balaban J connectivity index is 2.67. The van der Waals surface area contributed by atoms with Gasteiger partial charge in [0, 0.05) is 26.0 Å². The first kappa shape index (κ1) is 23.6. The van der Waals surface area contributed by atoms with Crippen molar-refractivity contribution in [2.24, 2.45) is 5.29 Å². The highest BCUT2D eigenvalue weighted by Crippen LogP contribution is 2.19. The lowest BCUT2D eigenvalue weighted by atomic mass is 10.1. The zero-order valence-electron chi connectivity index (χ0n) is 16.1. The molecule has 1 fully saturated rings. The molecule has 0 saturated carbocycles. The number of hydrogen-bond acceptors (Lipinski definition) is 6. The van der Waals surface area contributed by atoms with Crippen molar-refractivity contribution in [3.63, 3.8) is 0 Å². The normalized spacial score (nSPS) is 16.8. The minimum absolute atomic E-state index is 0.227. The number of nitrogens with zero attached hydrogens (tertiary/aromatic N) is 3. The van der Waals surface area contributed by atoms with E-state index in [1.54, 1.807) is 0 Å². The summed E-state index contributed by atoms with van der Waals surface area (Å²) in [5.74, 6) is -1.09. The van der Waals surface area contributed by atoms with E-state index in [4.69, 9.17) is 11.6 Å². The number of alkyl halides is 1. The van der Waals surface area contributed by atoms with Crippen LogP contribution in [-0.2, 0) is 14.4 Å². The maximum absolute atomic E-state index is 12.6. The summed E-state index contributed by atoms with van der Waals surface area (Å²) in [6, 6.07) is -2.28. The molecule has 0 aromatic rings. The molecule has 1 aliphatic rings. The minimum Gasteiger partial charge on any atom is -0.353 e. The molecule has 158 valence electrons. The third-order valence-electron chi connectivity index (χ3n) is 4.25. The first-order valence-corrected chi connectivity index (χ1v) is 9.67. The summed E-state index contributed by atoms with van der Waals surface area (Å²) < 4.78 is 0. The van der Waals surface area contributed by atoms with Gasteiger partial charge in [0.1, 0.15) is 12.1 Å². The molecule has 0 aromatic heterocycles. The van der Waals surface area contributed by atoms with Crippen molar-refractivity contribution in [1.29, 1.82) is 0 Å². The standard InChI is InChI=1S/C16H27ClN6O5/c1-3-5-11(14(25)19-10-13(24)18-8-7-17)20-15(26)12-6-4-9-23(12)16(27)22(2)21-28/h11-12H,3-10H2,1-2H3,(H,18,24)(H,19,25)(H,20,26)/t11-,12-/m0/s1. The van der Waals surface area contributed by atoms with Crippen LogP contribution in [0.1, 0.15) is 32.6 Å². The first-order chi connectivity index (χ1) is 13.3. The van der Waals surface area contributed by atoms with Gasteiger partial charge in [0.05, 0.1) is 11.8 Å². The zero-order valence-corrected chi connectivity index (χ0v) is 16.8. The Morgan fingerprint density at radius 2 is 2.00 bits per heavy atom. The van der Waals surface area contributed by atoms with Gasteiger partial charge in [-0.25, -0.2) is 4.79 Å². The third kappa shape index (κ3) is 6.95. The number of nitroso groups, excluding NO2 is 1. The van der Waals surface area contributed by atoms with Gasteiger partial charge in [0.15, 0.2) is 0 Å². The highest BCUT2D eigenvalue weighted by molar-refractivity contribution is 6.18. The van der Waals surface area contributed by atoms with E-state index >= 15 is 0 Å². The van der Waals surface area contributed by atoms with Gasteiger partial charge in [-0.3, -0.25) is 14.4 Å². The molecule has 0 spiro atoms. The number of likely N-dealkylation sites (tertiary alicyclic amines) is 1. The monoisotopic (exact) mass is 418 g/mol. The fourth-order valence-corrected chi connectivity index (χ4v) is 2.95. The topological polar surface area (TPSA) is 140 Å². The van der Waals surface area contributed by atoms with Gasteiger partial charge in [-0.2, -0.15) is 5.01 Å². The summed E-state index contributed by atoms with van der Waals surface area (Å²) in [5.41, 5.74) is 0. The Kier molecular flexibility index (Phi) is 10.2.